The Morgan fingerprint density at radius 2 is 2.18 bits per heavy atom. The SMILES string of the molecule is CCNC(CSCC)c1ccc(OC)c(F)c1. The van der Waals surface area contributed by atoms with Crippen LogP contribution in [0.2, 0.25) is 0 Å². The van der Waals surface area contributed by atoms with Crippen LogP contribution in [-0.2, 0) is 0 Å². The molecular weight excluding hydrogens is 237 g/mol. The van der Waals surface area contributed by atoms with E-state index in [1.54, 1.807) is 12.1 Å². The number of rotatable bonds is 7. The maximum atomic E-state index is 13.6. The Bertz CT molecular complexity index is 346. The second-order valence-corrected chi connectivity index (χ2v) is 4.98. The minimum absolute atomic E-state index is 0.199. The predicted octanol–water partition coefficient (Wildman–Crippen LogP) is 3.24. The molecule has 0 radical (unpaired) electrons. The van der Waals surface area contributed by atoms with Crippen molar-refractivity contribution in [2.45, 2.75) is 19.9 Å². The molecule has 0 amide bonds. The van der Waals surface area contributed by atoms with Gasteiger partial charge in [-0.3, -0.25) is 0 Å². The normalized spacial score (nSPS) is 12.5. The summed E-state index contributed by atoms with van der Waals surface area (Å²) in [6, 6.07) is 5.37. The fourth-order valence-electron chi connectivity index (χ4n) is 1.65. The molecule has 0 aromatic heterocycles. The smallest absolute Gasteiger partial charge is 0.165 e. The van der Waals surface area contributed by atoms with Gasteiger partial charge in [-0.15, -0.1) is 0 Å². The third-order valence-corrected chi connectivity index (χ3v) is 3.49. The topological polar surface area (TPSA) is 21.3 Å². The monoisotopic (exact) mass is 257 g/mol. The van der Waals surface area contributed by atoms with Crippen molar-refractivity contribution >= 4 is 11.8 Å². The van der Waals surface area contributed by atoms with E-state index in [2.05, 4.69) is 19.2 Å². The van der Waals surface area contributed by atoms with Crippen LogP contribution < -0.4 is 10.1 Å². The van der Waals surface area contributed by atoms with Crippen LogP contribution in [0.25, 0.3) is 0 Å². The molecule has 4 heteroatoms. The summed E-state index contributed by atoms with van der Waals surface area (Å²) in [5.41, 5.74) is 0.978. The first-order chi connectivity index (χ1) is 8.22. The van der Waals surface area contributed by atoms with Crippen LogP contribution in [0.4, 0.5) is 4.39 Å². The molecule has 1 unspecified atom stereocenters. The third kappa shape index (κ3) is 4.21. The zero-order valence-electron chi connectivity index (χ0n) is 10.6. The van der Waals surface area contributed by atoms with Crippen molar-refractivity contribution in [1.82, 2.24) is 5.32 Å². The first kappa shape index (κ1) is 14.3. The van der Waals surface area contributed by atoms with Gasteiger partial charge in [-0.1, -0.05) is 19.9 Å². The van der Waals surface area contributed by atoms with E-state index in [1.807, 2.05) is 17.8 Å². The number of methoxy groups -OCH3 is 1. The predicted molar refractivity (Wildman–Crippen MR) is 72.4 cm³/mol. The molecule has 0 spiro atoms. The van der Waals surface area contributed by atoms with E-state index < -0.39 is 0 Å². The molecule has 96 valence electrons. The second-order valence-electron chi connectivity index (χ2n) is 3.66. The highest BCUT2D eigenvalue weighted by atomic mass is 32.2. The van der Waals surface area contributed by atoms with Gasteiger partial charge in [0.25, 0.3) is 0 Å². The Hall–Kier alpha value is -0.740. The lowest BCUT2D eigenvalue weighted by atomic mass is 10.1. The average molecular weight is 257 g/mol. The highest BCUT2D eigenvalue weighted by Gasteiger charge is 2.12. The van der Waals surface area contributed by atoms with Crippen molar-refractivity contribution in [2.75, 3.05) is 25.2 Å². The molecule has 1 rings (SSSR count). The Labute approximate surface area is 107 Å². The van der Waals surface area contributed by atoms with Gasteiger partial charge in [-0.05, 0) is 30.0 Å². The van der Waals surface area contributed by atoms with Crippen LogP contribution >= 0.6 is 11.8 Å². The number of benzene rings is 1. The number of hydrogen-bond donors (Lipinski definition) is 1. The summed E-state index contributed by atoms with van der Waals surface area (Å²) < 4.78 is 18.5. The van der Waals surface area contributed by atoms with Crippen molar-refractivity contribution in [3.63, 3.8) is 0 Å². The van der Waals surface area contributed by atoms with Crippen molar-refractivity contribution in [3.05, 3.63) is 29.6 Å². The average Bonchev–Trinajstić information content (AvgIpc) is 2.34. The van der Waals surface area contributed by atoms with Gasteiger partial charge in [-0.2, -0.15) is 11.8 Å². The minimum atomic E-state index is -0.297. The zero-order valence-corrected chi connectivity index (χ0v) is 11.4. The van der Waals surface area contributed by atoms with E-state index >= 15 is 0 Å². The van der Waals surface area contributed by atoms with Gasteiger partial charge in [0.1, 0.15) is 0 Å². The lowest BCUT2D eigenvalue weighted by molar-refractivity contribution is 0.385. The van der Waals surface area contributed by atoms with Crippen LogP contribution in [0.3, 0.4) is 0 Å². The maximum absolute atomic E-state index is 13.6. The third-order valence-electron chi connectivity index (χ3n) is 2.52. The summed E-state index contributed by atoms with van der Waals surface area (Å²) >= 11 is 1.85. The molecule has 0 saturated carbocycles. The highest BCUT2D eigenvalue weighted by molar-refractivity contribution is 7.99. The van der Waals surface area contributed by atoms with Crippen LogP contribution in [0.5, 0.6) is 5.75 Å². The first-order valence-corrected chi connectivity index (χ1v) is 7.02. The fourth-order valence-corrected chi connectivity index (χ4v) is 2.44. The van der Waals surface area contributed by atoms with Gasteiger partial charge in [0.15, 0.2) is 11.6 Å². The molecule has 0 saturated heterocycles. The van der Waals surface area contributed by atoms with Crippen LogP contribution in [-0.4, -0.2) is 25.2 Å². The van der Waals surface area contributed by atoms with Gasteiger partial charge >= 0.3 is 0 Å². The summed E-state index contributed by atoms with van der Waals surface area (Å²) in [4.78, 5) is 0. The highest BCUT2D eigenvalue weighted by Crippen LogP contribution is 2.24. The second kappa shape index (κ2) is 7.56. The van der Waals surface area contributed by atoms with Crippen LogP contribution in [0, 0.1) is 5.82 Å². The van der Waals surface area contributed by atoms with Crippen molar-refractivity contribution in [1.29, 1.82) is 0 Å². The molecule has 0 aliphatic carbocycles. The van der Waals surface area contributed by atoms with Crippen LogP contribution in [0.15, 0.2) is 18.2 Å². The Kier molecular flexibility index (Phi) is 6.37. The van der Waals surface area contributed by atoms with Gasteiger partial charge in [-0.25, -0.2) is 4.39 Å². The molecule has 17 heavy (non-hydrogen) atoms. The van der Waals surface area contributed by atoms with E-state index in [1.165, 1.54) is 7.11 Å². The van der Waals surface area contributed by atoms with E-state index in [-0.39, 0.29) is 11.9 Å². The molecule has 0 fully saturated rings. The van der Waals surface area contributed by atoms with Crippen molar-refractivity contribution in [3.8, 4) is 5.75 Å². The van der Waals surface area contributed by atoms with Gasteiger partial charge in [0.2, 0.25) is 0 Å². The van der Waals surface area contributed by atoms with Crippen molar-refractivity contribution in [2.24, 2.45) is 0 Å². The molecule has 0 bridgehead atoms. The summed E-state index contributed by atoms with van der Waals surface area (Å²) in [7, 11) is 1.48. The first-order valence-electron chi connectivity index (χ1n) is 5.87. The summed E-state index contributed by atoms with van der Waals surface area (Å²) in [6.45, 7) is 5.06. The van der Waals surface area contributed by atoms with Gasteiger partial charge in [0, 0.05) is 11.8 Å². The maximum Gasteiger partial charge on any atom is 0.165 e. The molecule has 0 heterocycles. The number of nitrogens with one attached hydrogen (secondary N) is 1. The summed E-state index contributed by atoms with van der Waals surface area (Å²) in [5.74, 6) is 2.03. The van der Waals surface area contributed by atoms with E-state index in [0.29, 0.717) is 5.75 Å². The number of ether oxygens (including phenoxy) is 1. The van der Waals surface area contributed by atoms with Gasteiger partial charge < -0.3 is 10.1 Å². The minimum Gasteiger partial charge on any atom is -0.494 e. The van der Waals surface area contributed by atoms with Crippen molar-refractivity contribution < 1.29 is 9.13 Å². The molecular formula is C13H20FNOS. The lowest BCUT2D eigenvalue weighted by Crippen LogP contribution is -2.23. The summed E-state index contributed by atoms with van der Waals surface area (Å²) in [6.07, 6.45) is 0. The summed E-state index contributed by atoms with van der Waals surface area (Å²) in [5, 5.41) is 3.37. The Morgan fingerprint density at radius 3 is 2.71 bits per heavy atom. The molecule has 1 atom stereocenters. The number of hydrogen-bond acceptors (Lipinski definition) is 3. The molecule has 1 aromatic carbocycles. The fraction of sp³-hybridized carbons (Fsp3) is 0.538. The molecule has 1 N–H and O–H groups in total. The quantitative estimate of drug-likeness (QED) is 0.810. The number of thioether (sulfide) groups is 1. The van der Waals surface area contributed by atoms with E-state index in [9.17, 15) is 4.39 Å². The standard InChI is InChI=1S/C13H20FNOS/c1-4-15-12(9-17-5-2)10-6-7-13(16-3)11(14)8-10/h6-8,12,15H,4-5,9H2,1-3H3. The number of halogens is 1. The molecule has 1 aromatic rings. The van der Waals surface area contributed by atoms with E-state index in [0.717, 1.165) is 23.6 Å². The zero-order chi connectivity index (χ0) is 12.7. The molecule has 0 aliphatic rings. The van der Waals surface area contributed by atoms with Crippen LogP contribution in [0.1, 0.15) is 25.5 Å². The Morgan fingerprint density at radius 1 is 1.41 bits per heavy atom. The molecule has 2 nitrogen and oxygen atoms in total. The Balaban J connectivity index is 2.82. The largest absolute Gasteiger partial charge is 0.494 e. The van der Waals surface area contributed by atoms with Gasteiger partial charge in [0.05, 0.1) is 7.11 Å². The molecule has 0 aliphatic heterocycles. The van der Waals surface area contributed by atoms with E-state index in [4.69, 9.17) is 4.74 Å². The lowest BCUT2D eigenvalue weighted by Gasteiger charge is -2.18.